The molecular formula is C12H24N2OS. The van der Waals surface area contributed by atoms with E-state index in [2.05, 4.69) is 17.1 Å². The lowest BCUT2D eigenvalue weighted by atomic mass is 9.82. The van der Waals surface area contributed by atoms with E-state index in [1.54, 1.807) is 0 Å². The van der Waals surface area contributed by atoms with Gasteiger partial charge in [-0.25, -0.2) is 0 Å². The average Bonchev–Trinajstić information content (AvgIpc) is 2.71. The normalized spacial score (nSPS) is 33.3. The first kappa shape index (κ1) is 12.5. The maximum absolute atomic E-state index is 11.3. The zero-order chi connectivity index (χ0) is 11.4. The molecule has 2 rings (SSSR count). The van der Waals surface area contributed by atoms with Crippen LogP contribution in [0.1, 0.15) is 26.2 Å². The summed E-state index contributed by atoms with van der Waals surface area (Å²) in [4.78, 5) is 2.53. The van der Waals surface area contributed by atoms with Crippen LogP contribution in [0.2, 0.25) is 0 Å². The third-order valence-corrected chi connectivity index (χ3v) is 5.22. The lowest BCUT2D eigenvalue weighted by Crippen LogP contribution is -2.45. The molecule has 1 unspecified atom stereocenters. The number of nitrogens with one attached hydrogen (secondary N) is 1. The minimum Gasteiger partial charge on any atom is -0.316 e. The van der Waals surface area contributed by atoms with Gasteiger partial charge < -0.3 is 10.2 Å². The Hall–Kier alpha value is 0.0700. The standard InChI is InChI=1S/C12H24N2OS/c1-2-3-12(4-5-13-10-12)11-14-6-8-16(15)9-7-14/h13H,2-11H2,1H3. The highest BCUT2D eigenvalue weighted by Gasteiger charge is 2.35. The van der Waals surface area contributed by atoms with E-state index in [0.29, 0.717) is 5.41 Å². The third kappa shape index (κ3) is 3.05. The highest BCUT2D eigenvalue weighted by atomic mass is 32.2. The minimum absolute atomic E-state index is 0.508. The molecule has 1 N–H and O–H groups in total. The molecule has 4 heteroatoms. The van der Waals surface area contributed by atoms with Gasteiger partial charge in [-0.1, -0.05) is 13.3 Å². The van der Waals surface area contributed by atoms with Crippen LogP contribution in [0.4, 0.5) is 0 Å². The number of nitrogens with zero attached hydrogens (tertiary/aromatic N) is 1. The smallest absolute Gasteiger partial charge is 0.0363 e. The summed E-state index contributed by atoms with van der Waals surface area (Å²) in [6.45, 7) is 7.94. The summed E-state index contributed by atoms with van der Waals surface area (Å²) in [5.41, 5.74) is 0.508. The summed E-state index contributed by atoms with van der Waals surface area (Å²) in [6, 6.07) is 0. The first-order valence-electron chi connectivity index (χ1n) is 6.52. The summed E-state index contributed by atoms with van der Waals surface area (Å²) in [5.74, 6) is 1.77. The Balaban J connectivity index is 1.88. The molecule has 3 nitrogen and oxygen atoms in total. The van der Waals surface area contributed by atoms with Crippen molar-refractivity contribution in [1.82, 2.24) is 10.2 Å². The topological polar surface area (TPSA) is 32.3 Å². The van der Waals surface area contributed by atoms with Crippen molar-refractivity contribution in [2.75, 3.05) is 44.2 Å². The van der Waals surface area contributed by atoms with E-state index in [4.69, 9.17) is 0 Å². The Labute approximate surface area is 101 Å². The van der Waals surface area contributed by atoms with Gasteiger partial charge in [0, 0.05) is 48.5 Å². The number of hydrogen-bond acceptors (Lipinski definition) is 3. The molecular weight excluding hydrogens is 220 g/mol. The van der Waals surface area contributed by atoms with Crippen LogP contribution in [-0.4, -0.2) is 53.3 Å². The van der Waals surface area contributed by atoms with Gasteiger partial charge in [-0.2, -0.15) is 0 Å². The van der Waals surface area contributed by atoms with Crippen molar-refractivity contribution in [3.63, 3.8) is 0 Å². The summed E-state index contributed by atoms with van der Waals surface area (Å²) < 4.78 is 11.3. The second kappa shape index (κ2) is 5.61. The van der Waals surface area contributed by atoms with Gasteiger partial charge in [-0.3, -0.25) is 4.21 Å². The van der Waals surface area contributed by atoms with Gasteiger partial charge in [0.2, 0.25) is 0 Å². The highest BCUT2D eigenvalue weighted by Crippen LogP contribution is 2.32. The second-order valence-corrected chi connectivity index (χ2v) is 7.00. The molecule has 2 fully saturated rings. The predicted octanol–water partition coefficient (Wildman–Crippen LogP) is 0.831. The number of hydrogen-bond donors (Lipinski definition) is 1. The Morgan fingerprint density at radius 2 is 2.12 bits per heavy atom. The molecule has 0 aromatic carbocycles. The molecule has 94 valence electrons. The van der Waals surface area contributed by atoms with Crippen LogP contribution in [-0.2, 0) is 10.8 Å². The van der Waals surface area contributed by atoms with Crippen molar-refractivity contribution in [3.05, 3.63) is 0 Å². The maximum atomic E-state index is 11.3. The lowest BCUT2D eigenvalue weighted by molar-refractivity contribution is 0.162. The van der Waals surface area contributed by atoms with Crippen molar-refractivity contribution < 1.29 is 4.21 Å². The molecule has 0 bridgehead atoms. The minimum atomic E-state index is -0.539. The average molecular weight is 244 g/mol. The van der Waals surface area contributed by atoms with Crippen molar-refractivity contribution in [2.24, 2.45) is 5.41 Å². The van der Waals surface area contributed by atoms with Crippen LogP contribution >= 0.6 is 0 Å². The number of rotatable bonds is 4. The molecule has 0 amide bonds. The molecule has 0 saturated carbocycles. The van der Waals surface area contributed by atoms with Gasteiger partial charge in [-0.15, -0.1) is 0 Å². The molecule has 0 aliphatic carbocycles. The lowest BCUT2D eigenvalue weighted by Gasteiger charge is -2.36. The Kier molecular flexibility index (Phi) is 4.39. The SMILES string of the molecule is CCCC1(CN2CCS(=O)CC2)CCNC1. The van der Waals surface area contributed by atoms with Crippen LogP contribution in [0.5, 0.6) is 0 Å². The molecule has 2 heterocycles. The van der Waals surface area contributed by atoms with Crippen molar-refractivity contribution in [2.45, 2.75) is 26.2 Å². The van der Waals surface area contributed by atoms with E-state index in [0.717, 1.165) is 24.6 Å². The van der Waals surface area contributed by atoms with Gasteiger partial charge in [-0.05, 0) is 24.8 Å². The molecule has 2 aliphatic rings. The van der Waals surface area contributed by atoms with E-state index >= 15 is 0 Å². The summed E-state index contributed by atoms with van der Waals surface area (Å²) >= 11 is 0. The largest absolute Gasteiger partial charge is 0.316 e. The second-order valence-electron chi connectivity index (χ2n) is 5.30. The maximum Gasteiger partial charge on any atom is 0.0363 e. The molecule has 16 heavy (non-hydrogen) atoms. The van der Waals surface area contributed by atoms with Gasteiger partial charge in [0.1, 0.15) is 0 Å². The summed E-state index contributed by atoms with van der Waals surface area (Å²) in [6.07, 6.45) is 3.93. The quantitative estimate of drug-likeness (QED) is 0.795. The monoisotopic (exact) mass is 244 g/mol. The molecule has 0 spiro atoms. The van der Waals surface area contributed by atoms with Crippen molar-refractivity contribution in [1.29, 1.82) is 0 Å². The van der Waals surface area contributed by atoms with Crippen molar-refractivity contribution >= 4 is 10.8 Å². The van der Waals surface area contributed by atoms with Gasteiger partial charge >= 0.3 is 0 Å². The highest BCUT2D eigenvalue weighted by molar-refractivity contribution is 7.85. The summed E-state index contributed by atoms with van der Waals surface area (Å²) in [7, 11) is -0.539. The van der Waals surface area contributed by atoms with E-state index < -0.39 is 10.8 Å². The predicted molar refractivity (Wildman–Crippen MR) is 69.1 cm³/mol. The molecule has 0 radical (unpaired) electrons. The van der Waals surface area contributed by atoms with Crippen LogP contribution in [0.25, 0.3) is 0 Å². The van der Waals surface area contributed by atoms with Crippen LogP contribution in [0, 0.1) is 5.41 Å². The molecule has 0 aromatic rings. The Morgan fingerprint density at radius 3 is 2.69 bits per heavy atom. The fraction of sp³-hybridized carbons (Fsp3) is 1.00. The van der Waals surface area contributed by atoms with Gasteiger partial charge in [0.15, 0.2) is 0 Å². The van der Waals surface area contributed by atoms with Crippen molar-refractivity contribution in [3.8, 4) is 0 Å². The molecule has 2 saturated heterocycles. The van der Waals surface area contributed by atoms with Gasteiger partial charge in [0.25, 0.3) is 0 Å². The van der Waals surface area contributed by atoms with E-state index in [1.807, 2.05) is 0 Å². The fourth-order valence-electron chi connectivity index (χ4n) is 3.06. The van der Waals surface area contributed by atoms with Crippen LogP contribution < -0.4 is 5.32 Å². The Morgan fingerprint density at radius 1 is 1.38 bits per heavy atom. The molecule has 2 aliphatic heterocycles. The van der Waals surface area contributed by atoms with Crippen LogP contribution in [0.15, 0.2) is 0 Å². The first-order chi connectivity index (χ1) is 7.74. The summed E-state index contributed by atoms with van der Waals surface area (Å²) in [5, 5.41) is 3.51. The van der Waals surface area contributed by atoms with E-state index in [1.165, 1.54) is 38.9 Å². The third-order valence-electron chi connectivity index (χ3n) is 3.94. The van der Waals surface area contributed by atoms with E-state index in [9.17, 15) is 4.21 Å². The fourth-order valence-corrected chi connectivity index (χ4v) is 4.19. The Bertz CT molecular complexity index is 241. The van der Waals surface area contributed by atoms with E-state index in [-0.39, 0.29) is 0 Å². The van der Waals surface area contributed by atoms with Crippen LogP contribution in [0.3, 0.4) is 0 Å². The zero-order valence-corrected chi connectivity index (χ0v) is 11.2. The molecule has 1 atom stereocenters. The zero-order valence-electron chi connectivity index (χ0n) is 10.3. The van der Waals surface area contributed by atoms with Gasteiger partial charge in [0.05, 0.1) is 0 Å². The molecule has 0 aromatic heterocycles. The first-order valence-corrected chi connectivity index (χ1v) is 8.01.